The van der Waals surface area contributed by atoms with E-state index in [9.17, 15) is 14.0 Å². The Morgan fingerprint density at radius 2 is 1.67 bits per heavy atom. The first-order valence-electron chi connectivity index (χ1n) is 7.13. The monoisotopic (exact) mass is 296 g/mol. The molecule has 0 aliphatic heterocycles. The molecule has 1 aromatic carbocycles. The van der Waals surface area contributed by atoms with E-state index < -0.39 is 23.2 Å². The Morgan fingerprint density at radius 1 is 1.10 bits per heavy atom. The third-order valence-electron chi connectivity index (χ3n) is 3.19. The van der Waals surface area contributed by atoms with Gasteiger partial charge in [-0.3, -0.25) is 9.59 Å². The van der Waals surface area contributed by atoms with Crippen LogP contribution in [0.25, 0.3) is 0 Å². The molecule has 0 amide bonds. The minimum atomic E-state index is -1.61. The average molecular weight is 296 g/mol. The molecule has 0 saturated carbocycles. The van der Waals surface area contributed by atoms with Crippen molar-refractivity contribution in [2.45, 2.75) is 39.0 Å². The first kappa shape index (κ1) is 17.1. The molecule has 0 aliphatic rings. The zero-order chi connectivity index (χ0) is 15.9. The molecule has 0 radical (unpaired) electrons. The van der Waals surface area contributed by atoms with Crippen molar-refractivity contribution in [3.63, 3.8) is 0 Å². The smallest absolute Gasteiger partial charge is 0.328 e. The van der Waals surface area contributed by atoms with E-state index in [-0.39, 0.29) is 25.2 Å². The van der Waals surface area contributed by atoms with E-state index in [0.717, 1.165) is 0 Å². The lowest BCUT2D eigenvalue weighted by Gasteiger charge is -2.29. The number of carbonyl (C=O) groups excluding carboxylic acids is 2. The predicted molar refractivity (Wildman–Crippen MR) is 76.3 cm³/mol. The molecule has 0 spiro atoms. The predicted octanol–water partition coefficient (Wildman–Crippen LogP) is 2.99. The lowest BCUT2D eigenvalue weighted by Crippen LogP contribution is -2.46. The molecule has 21 heavy (non-hydrogen) atoms. The molecule has 0 N–H and O–H groups in total. The molecule has 4 nitrogen and oxygen atoms in total. The molecule has 0 unspecified atom stereocenters. The third kappa shape index (κ3) is 3.60. The van der Waals surface area contributed by atoms with Gasteiger partial charge in [-0.05, 0) is 38.0 Å². The standard InChI is InChI=1S/C16H21FO4/c1-4-10-16(14(18)20-5-2,15(19)21-6-3)12-8-7-9-13(17)11-12/h7-9,11H,4-6,10H2,1-3H3. The van der Waals surface area contributed by atoms with Gasteiger partial charge in [0, 0.05) is 0 Å². The number of halogens is 1. The van der Waals surface area contributed by atoms with Crippen molar-refractivity contribution in [2.24, 2.45) is 0 Å². The van der Waals surface area contributed by atoms with Gasteiger partial charge in [-0.2, -0.15) is 0 Å². The minimum Gasteiger partial charge on any atom is -0.465 e. The summed E-state index contributed by atoms with van der Waals surface area (Å²) in [4.78, 5) is 24.9. The fourth-order valence-electron chi connectivity index (χ4n) is 2.31. The second kappa shape index (κ2) is 7.76. The minimum absolute atomic E-state index is 0.138. The van der Waals surface area contributed by atoms with Crippen LogP contribution in [-0.2, 0) is 24.5 Å². The van der Waals surface area contributed by atoms with Crippen LogP contribution in [0.1, 0.15) is 39.2 Å². The van der Waals surface area contributed by atoms with E-state index >= 15 is 0 Å². The van der Waals surface area contributed by atoms with Gasteiger partial charge in [0.2, 0.25) is 0 Å². The van der Waals surface area contributed by atoms with Gasteiger partial charge < -0.3 is 9.47 Å². The number of ether oxygens (including phenoxy) is 2. The van der Waals surface area contributed by atoms with Crippen LogP contribution >= 0.6 is 0 Å². The summed E-state index contributed by atoms with van der Waals surface area (Å²) in [5.74, 6) is -1.91. The quantitative estimate of drug-likeness (QED) is 0.573. The van der Waals surface area contributed by atoms with Crippen LogP contribution in [0.3, 0.4) is 0 Å². The van der Waals surface area contributed by atoms with Crippen molar-refractivity contribution >= 4 is 11.9 Å². The second-order valence-electron chi connectivity index (χ2n) is 4.61. The fraction of sp³-hybridized carbons (Fsp3) is 0.500. The topological polar surface area (TPSA) is 52.6 Å². The van der Waals surface area contributed by atoms with Gasteiger partial charge in [-0.1, -0.05) is 25.5 Å². The summed E-state index contributed by atoms with van der Waals surface area (Å²) in [6.07, 6.45) is 0.752. The van der Waals surface area contributed by atoms with E-state index in [1.165, 1.54) is 18.2 Å². The highest BCUT2D eigenvalue weighted by Gasteiger charge is 2.49. The maximum absolute atomic E-state index is 13.5. The zero-order valence-electron chi connectivity index (χ0n) is 12.6. The molecule has 0 bridgehead atoms. The van der Waals surface area contributed by atoms with Gasteiger partial charge >= 0.3 is 11.9 Å². The Morgan fingerprint density at radius 3 is 2.10 bits per heavy atom. The Bertz CT molecular complexity index is 481. The first-order valence-corrected chi connectivity index (χ1v) is 7.13. The summed E-state index contributed by atoms with van der Waals surface area (Å²) in [5, 5.41) is 0. The molecule has 0 saturated heterocycles. The Kier molecular flexibility index (Phi) is 6.34. The number of hydrogen-bond acceptors (Lipinski definition) is 4. The Labute approximate surface area is 124 Å². The summed E-state index contributed by atoms with van der Waals surface area (Å²) in [6, 6.07) is 5.46. The zero-order valence-corrected chi connectivity index (χ0v) is 12.6. The van der Waals surface area contributed by atoms with Gasteiger partial charge in [0.1, 0.15) is 5.82 Å². The van der Waals surface area contributed by atoms with Crippen molar-refractivity contribution < 1.29 is 23.5 Å². The second-order valence-corrected chi connectivity index (χ2v) is 4.61. The van der Waals surface area contributed by atoms with Crippen LogP contribution in [0.4, 0.5) is 4.39 Å². The number of esters is 2. The summed E-state index contributed by atoms with van der Waals surface area (Å²) >= 11 is 0. The normalized spacial score (nSPS) is 11.0. The van der Waals surface area contributed by atoms with Gasteiger partial charge in [-0.15, -0.1) is 0 Å². The van der Waals surface area contributed by atoms with Crippen LogP contribution in [0, 0.1) is 5.82 Å². The molecule has 0 aromatic heterocycles. The number of benzene rings is 1. The third-order valence-corrected chi connectivity index (χ3v) is 3.19. The van der Waals surface area contributed by atoms with E-state index in [1.54, 1.807) is 19.9 Å². The highest BCUT2D eigenvalue weighted by molar-refractivity contribution is 6.06. The highest BCUT2D eigenvalue weighted by atomic mass is 19.1. The maximum atomic E-state index is 13.5. The summed E-state index contributed by atoms with van der Waals surface area (Å²) < 4.78 is 23.7. The lowest BCUT2D eigenvalue weighted by atomic mass is 9.76. The van der Waals surface area contributed by atoms with Crippen LogP contribution in [-0.4, -0.2) is 25.2 Å². The molecule has 0 atom stereocenters. The number of carbonyl (C=O) groups is 2. The summed E-state index contributed by atoms with van der Waals surface area (Å²) in [7, 11) is 0. The largest absolute Gasteiger partial charge is 0.465 e. The fourth-order valence-corrected chi connectivity index (χ4v) is 2.31. The molecule has 1 rings (SSSR count). The molecular formula is C16H21FO4. The summed E-state index contributed by atoms with van der Waals surface area (Å²) in [6.45, 7) is 5.43. The molecule has 5 heteroatoms. The van der Waals surface area contributed by atoms with Gasteiger partial charge in [0.15, 0.2) is 5.41 Å². The molecule has 0 heterocycles. The van der Waals surface area contributed by atoms with Crippen LogP contribution in [0.2, 0.25) is 0 Å². The average Bonchev–Trinajstić information content (AvgIpc) is 2.45. The Balaban J connectivity index is 3.42. The van der Waals surface area contributed by atoms with Gasteiger partial charge in [0.25, 0.3) is 0 Å². The number of rotatable bonds is 7. The van der Waals surface area contributed by atoms with Gasteiger partial charge in [-0.25, -0.2) is 4.39 Å². The molecule has 116 valence electrons. The van der Waals surface area contributed by atoms with Crippen molar-refractivity contribution in [3.05, 3.63) is 35.6 Å². The van der Waals surface area contributed by atoms with Crippen LogP contribution in [0.5, 0.6) is 0 Å². The van der Waals surface area contributed by atoms with Crippen LogP contribution in [0.15, 0.2) is 24.3 Å². The van der Waals surface area contributed by atoms with Crippen molar-refractivity contribution in [3.8, 4) is 0 Å². The first-order chi connectivity index (χ1) is 10.0. The van der Waals surface area contributed by atoms with Crippen molar-refractivity contribution in [1.29, 1.82) is 0 Å². The Hall–Kier alpha value is -1.91. The maximum Gasteiger partial charge on any atom is 0.328 e. The van der Waals surface area contributed by atoms with Crippen molar-refractivity contribution in [2.75, 3.05) is 13.2 Å². The molecule has 0 fully saturated rings. The van der Waals surface area contributed by atoms with Crippen molar-refractivity contribution in [1.82, 2.24) is 0 Å². The van der Waals surface area contributed by atoms with Crippen LogP contribution < -0.4 is 0 Å². The molecular weight excluding hydrogens is 275 g/mol. The highest BCUT2D eigenvalue weighted by Crippen LogP contribution is 2.33. The summed E-state index contributed by atoms with van der Waals surface area (Å²) in [5.41, 5.74) is -1.34. The SMILES string of the molecule is CCCC(C(=O)OCC)(C(=O)OCC)c1cccc(F)c1. The van der Waals surface area contributed by atoms with E-state index in [0.29, 0.717) is 6.42 Å². The number of hydrogen-bond donors (Lipinski definition) is 0. The van der Waals surface area contributed by atoms with Gasteiger partial charge in [0.05, 0.1) is 13.2 Å². The van der Waals surface area contributed by atoms with E-state index in [2.05, 4.69) is 0 Å². The molecule has 1 aromatic rings. The van der Waals surface area contributed by atoms with E-state index in [4.69, 9.17) is 9.47 Å². The molecule has 0 aliphatic carbocycles. The lowest BCUT2D eigenvalue weighted by molar-refractivity contribution is -0.165. The van der Waals surface area contributed by atoms with E-state index in [1.807, 2.05) is 6.92 Å².